The Morgan fingerprint density at radius 2 is 1.58 bits per heavy atom. The summed E-state index contributed by atoms with van der Waals surface area (Å²) in [5, 5.41) is 5.96. The van der Waals surface area contributed by atoms with Crippen LogP contribution >= 0.6 is 11.6 Å². The molecule has 0 unspecified atom stereocenters. The Bertz CT molecular complexity index is 996. The summed E-state index contributed by atoms with van der Waals surface area (Å²) in [5.74, 6) is -0.227. The van der Waals surface area contributed by atoms with Gasteiger partial charge in [-0.2, -0.15) is 0 Å². The number of ether oxygens (including phenoxy) is 1. The molecule has 1 aliphatic heterocycles. The van der Waals surface area contributed by atoms with Gasteiger partial charge in [0.05, 0.1) is 17.3 Å². The first-order valence-electron chi connectivity index (χ1n) is 10.8. The number of para-hydroxylation sites is 1. The highest BCUT2D eigenvalue weighted by Crippen LogP contribution is 2.20. The highest BCUT2D eigenvalue weighted by atomic mass is 35.5. The molecule has 2 aromatic rings. The van der Waals surface area contributed by atoms with Crippen LogP contribution in [0.5, 0.6) is 0 Å². The van der Waals surface area contributed by atoms with Crippen LogP contribution in [0.4, 0.5) is 16.2 Å². The van der Waals surface area contributed by atoms with Gasteiger partial charge in [-0.1, -0.05) is 23.7 Å². The second-order valence-electron chi connectivity index (χ2n) is 8.80. The number of hydrogen-bond donors (Lipinski definition) is 2. The molecule has 0 spiro atoms. The van der Waals surface area contributed by atoms with Crippen molar-refractivity contribution in [2.24, 2.45) is 0 Å². The highest BCUT2D eigenvalue weighted by molar-refractivity contribution is 6.33. The average Bonchev–Trinajstić information content (AvgIpc) is 2.74. The number of piperazine rings is 1. The Kier molecular flexibility index (Phi) is 7.94. The molecular weight excluding hydrogens is 444 g/mol. The molecule has 2 N–H and O–H groups in total. The number of rotatable bonds is 5. The number of amides is 3. The van der Waals surface area contributed by atoms with Crippen molar-refractivity contribution in [3.63, 3.8) is 0 Å². The molecule has 1 fully saturated rings. The third kappa shape index (κ3) is 7.47. The van der Waals surface area contributed by atoms with Crippen LogP contribution in [-0.4, -0.2) is 66.0 Å². The zero-order chi connectivity index (χ0) is 24.0. The maximum atomic E-state index is 12.8. The third-order valence-corrected chi connectivity index (χ3v) is 5.28. The van der Waals surface area contributed by atoms with Gasteiger partial charge in [0.1, 0.15) is 5.60 Å². The van der Waals surface area contributed by atoms with Gasteiger partial charge >= 0.3 is 6.09 Å². The molecule has 8 nitrogen and oxygen atoms in total. The molecular formula is C24H29ClN4O4. The minimum Gasteiger partial charge on any atom is -0.444 e. The molecule has 0 saturated carbocycles. The van der Waals surface area contributed by atoms with Gasteiger partial charge in [0.2, 0.25) is 5.91 Å². The van der Waals surface area contributed by atoms with Crippen molar-refractivity contribution in [3.05, 3.63) is 59.1 Å². The van der Waals surface area contributed by atoms with Gasteiger partial charge in [-0.05, 0) is 57.2 Å². The summed E-state index contributed by atoms with van der Waals surface area (Å²) >= 11 is 6.08. The van der Waals surface area contributed by atoms with Crippen molar-refractivity contribution in [2.45, 2.75) is 26.4 Å². The lowest BCUT2D eigenvalue weighted by molar-refractivity contribution is -0.117. The molecule has 1 saturated heterocycles. The van der Waals surface area contributed by atoms with Gasteiger partial charge in [0.25, 0.3) is 5.91 Å². The van der Waals surface area contributed by atoms with Gasteiger partial charge in [-0.25, -0.2) is 4.79 Å². The normalized spacial score (nSPS) is 14.5. The van der Waals surface area contributed by atoms with Gasteiger partial charge in [-0.15, -0.1) is 0 Å². The van der Waals surface area contributed by atoms with Crippen molar-refractivity contribution < 1.29 is 19.1 Å². The van der Waals surface area contributed by atoms with Crippen LogP contribution in [0.25, 0.3) is 0 Å². The van der Waals surface area contributed by atoms with E-state index in [1.807, 2.05) is 11.0 Å². The molecule has 33 heavy (non-hydrogen) atoms. The van der Waals surface area contributed by atoms with Crippen LogP contribution in [0.3, 0.4) is 0 Å². The zero-order valence-corrected chi connectivity index (χ0v) is 19.8. The van der Waals surface area contributed by atoms with Crippen molar-refractivity contribution in [2.75, 3.05) is 43.4 Å². The van der Waals surface area contributed by atoms with Gasteiger partial charge in [0.15, 0.2) is 0 Å². The van der Waals surface area contributed by atoms with Crippen LogP contribution in [-0.2, 0) is 9.53 Å². The number of hydrogen-bond acceptors (Lipinski definition) is 5. The lowest BCUT2D eigenvalue weighted by Crippen LogP contribution is -2.50. The Labute approximate surface area is 198 Å². The predicted octanol–water partition coefficient (Wildman–Crippen LogP) is 4.08. The van der Waals surface area contributed by atoms with Gasteiger partial charge < -0.3 is 15.0 Å². The smallest absolute Gasteiger partial charge is 0.412 e. The summed E-state index contributed by atoms with van der Waals surface area (Å²) in [7, 11) is 0. The molecule has 3 rings (SSSR count). The molecule has 176 valence electrons. The molecule has 1 heterocycles. The van der Waals surface area contributed by atoms with E-state index in [0.717, 1.165) is 0 Å². The van der Waals surface area contributed by atoms with Crippen molar-refractivity contribution in [1.29, 1.82) is 0 Å². The van der Waals surface area contributed by atoms with Crippen LogP contribution in [0.2, 0.25) is 5.02 Å². The Hall–Kier alpha value is -3.10. The standard InChI is InChI=1S/C24H29ClN4O4/c1-24(2,3)33-23(32)26-18-10-8-17(9-11-18)22(31)29-14-12-28(13-15-29)16-21(30)27-20-7-5-4-6-19(20)25/h4-11H,12-16H2,1-3H3,(H,26,32)(H,27,30). The van der Waals surface area contributed by atoms with Crippen LogP contribution in [0.1, 0.15) is 31.1 Å². The monoisotopic (exact) mass is 472 g/mol. The Morgan fingerprint density at radius 1 is 0.939 bits per heavy atom. The fraction of sp³-hybridized carbons (Fsp3) is 0.375. The lowest BCUT2D eigenvalue weighted by Gasteiger charge is -2.34. The first kappa shape index (κ1) is 24.5. The van der Waals surface area contributed by atoms with E-state index in [4.69, 9.17) is 16.3 Å². The third-order valence-electron chi connectivity index (χ3n) is 4.95. The molecule has 2 aromatic carbocycles. The van der Waals surface area contributed by atoms with Gasteiger partial charge in [0, 0.05) is 37.4 Å². The zero-order valence-electron chi connectivity index (χ0n) is 19.1. The van der Waals surface area contributed by atoms with E-state index in [2.05, 4.69) is 10.6 Å². The van der Waals surface area contributed by atoms with Crippen molar-refractivity contribution in [3.8, 4) is 0 Å². The summed E-state index contributed by atoms with van der Waals surface area (Å²) in [6, 6.07) is 13.8. The number of anilines is 2. The van der Waals surface area contributed by atoms with E-state index in [-0.39, 0.29) is 18.4 Å². The molecule has 0 aromatic heterocycles. The molecule has 9 heteroatoms. The van der Waals surface area contributed by atoms with E-state index in [1.165, 1.54) is 0 Å². The number of carbonyl (C=O) groups is 3. The molecule has 0 aliphatic carbocycles. The van der Waals surface area contributed by atoms with E-state index < -0.39 is 11.7 Å². The second-order valence-corrected chi connectivity index (χ2v) is 9.21. The fourth-order valence-electron chi connectivity index (χ4n) is 3.36. The number of nitrogens with one attached hydrogen (secondary N) is 2. The van der Waals surface area contributed by atoms with Crippen LogP contribution < -0.4 is 10.6 Å². The molecule has 0 radical (unpaired) electrons. The Balaban J connectivity index is 1.46. The first-order valence-corrected chi connectivity index (χ1v) is 11.1. The quantitative estimate of drug-likeness (QED) is 0.684. The largest absolute Gasteiger partial charge is 0.444 e. The number of benzene rings is 2. The SMILES string of the molecule is CC(C)(C)OC(=O)Nc1ccc(C(=O)N2CCN(CC(=O)Nc3ccccc3Cl)CC2)cc1. The first-order chi connectivity index (χ1) is 15.6. The fourth-order valence-corrected chi connectivity index (χ4v) is 3.55. The molecule has 1 aliphatic rings. The van der Waals surface area contributed by atoms with E-state index in [9.17, 15) is 14.4 Å². The van der Waals surface area contributed by atoms with Crippen molar-refractivity contribution >= 4 is 40.9 Å². The summed E-state index contributed by atoms with van der Waals surface area (Å²) < 4.78 is 5.23. The predicted molar refractivity (Wildman–Crippen MR) is 129 cm³/mol. The summed E-state index contributed by atoms with van der Waals surface area (Å²) in [6.07, 6.45) is -0.545. The maximum Gasteiger partial charge on any atom is 0.412 e. The highest BCUT2D eigenvalue weighted by Gasteiger charge is 2.24. The summed E-state index contributed by atoms with van der Waals surface area (Å²) in [5.41, 5.74) is 1.09. The minimum atomic E-state index is -0.586. The Morgan fingerprint density at radius 3 is 2.18 bits per heavy atom. The van der Waals surface area contributed by atoms with E-state index in [0.29, 0.717) is 48.1 Å². The lowest BCUT2D eigenvalue weighted by atomic mass is 10.1. The van der Waals surface area contributed by atoms with Crippen LogP contribution in [0.15, 0.2) is 48.5 Å². The summed E-state index contributed by atoms with van der Waals surface area (Å²) in [6.45, 7) is 7.85. The topological polar surface area (TPSA) is 91.0 Å². The number of halogens is 1. The second kappa shape index (κ2) is 10.7. The van der Waals surface area contributed by atoms with Gasteiger partial charge in [-0.3, -0.25) is 19.8 Å². The molecule has 3 amide bonds. The van der Waals surface area contributed by atoms with Crippen LogP contribution in [0, 0.1) is 0 Å². The van der Waals surface area contributed by atoms with E-state index >= 15 is 0 Å². The molecule has 0 atom stereocenters. The molecule has 0 bridgehead atoms. The maximum absolute atomic E-state index is 12.8. The van der Waals surface area contributed by atoms with E-state index in [1.54, 1.807) is 68.1 Å². The minimum absolute atomic E-state index is 0.0843. The number of nitrogens with zero attached hydrogens (tertiary/aromatic N) is 2. The van der Waals surface area contributed by atoms with Crippen molar-refractivity contribution in [1.82, 2.24) is 9.80 Å². The number of carbonyl (C=O) groups excluding carboxylic acids is 3. The summed E-state index contributed by atoms with van der Waals surface area (Å²) in [4.78, 5) is 40.8. The average molecular weight is 473 g/mol.